The number of hydrogen-bond donors (Lipinski definition) is 1. The molecule has 0 atom stereocenters. The minimum absolute atomic E-state index is 0.625. The van der Waals surface area contributed by atoms with E-state index in [1.165, 1.54) is 43.4 Å². The zero-order valence-electron chi connectivity index (χ0n) is 8.87. The van der Waals surface area contributed by atoms with Gasteiger partial charge < -0.3 is 5.73 Å². The van der Waals surface area contributed by atoms with Gasteiger partial charge >= 0.3 is 0 Å². The van der Waals surface area contributed by atoms with Crippen LogP contribution in [-0.4, -0.2) is 9.78 Å². The molecule has 78 valence electrons. The lowest BCUT2D eigenvalue weighted by atomic mass is 9.85. The van der Waals surface area contributed by atoms with Gasteiger partial charge in [0.1, 0.15) is 0 Å². The number of hydrogen-bond acceptors (Lipinski definition) is 2. The van der Waals surface area contributed by atoms with E-state index in [1.807, 2.05) is 17.9 Å². The molecule has 0 spiro atoms. The first kappa shape index (κ1) is 9.71. The van der Waals surface area contributed by atoms with E-state index in [9.17, 15) is 0 Å². The minimum atomic E-state index is 0.625. The summed E-state index contributed by atoms with van der Waals surface area (Å²) in [5, 5.41) is 4.30. The van der Waals surface area contributed by atoms with Crippen molar-refractivity contribution in [2.75, 3.05) is 0 Å². The van der Waals surface area contributed by atoms with Gasteiger partial charge in [0, 0.05) is 30.8 Å². The molecular formula is C11H19N3. The van der Waals surface area contributed by atoms with Gasteiger partial charge in [-0.25, -0.2) is 0 Å². The molecular weight excluding hydrogens is 174 g/mol. The molecule has 0 aromatic carbocycles. The van der Waals surface area contributed by atoms with Crippen molar-refractivity contribution >= 4 is 0 Å². The van der Waals surface area contributed by atoms with E-state index in [2.05, 4.69) is 5.10 Å². The normalized spacial score (nSPS) is 18.7. The van der Waals surface area contributed by atoms with Gasteiger partial charge in [0.2, 0.25) is 0 Å². The Kier molecular flexibility index (Phi) is 2.87. The predicted octanol–water partition coefficient (Wildman–Crippen LogP) is 1.93. The molecule has 1 saturated carbocycles. The van der Waals surface area contributed by atoms with Gasteiger partial charge in [0.25, 0.3) is 0 Å². The summed E-state index contributed by atoms with van der Waals surface area (Å²) in [6.07, 6.45) is 8.66. The summed E-state index contributed by atoms with van der Waals surface area (Å²) in [7, 11) is 2.03. The van der Waals surface area contributed by atoms with Gasteiger partial charge in [-0.2, -0.15) is 5.10 Å². The lowest BCUT2D eigenvalue weighted by Crippen LogP contribution is -2.12. The van der Waals surface area contributed by atoms with Crippen molar-refractivity contribution in [3.05, 3.63) is 17.5 Å². The monoisotopic (exact) mass is 193 g/mol. The Morgan fingerprint density at radius 3 is 2.79 bits per heavy atom. The molecule has 0 amide bonds. The average molecular weight is 193 g/mol. The van der Waals surface area contributed by atoms with E-state index in [4.69, 9.17) is 5.73 Å². The van der Waals surface area contributed by atoms with Gasteiger partial charge in [-0.15, -0.1) is 0 Å². The van der Waals surface area contributed by atoms with Crippen LogP contribution in [0.1, 0.15) is 49.3 Å². The van der Waals surface area contributed by atoms with Gasteiger partial charge in [-0.1, -0.05) is 19.3 Å². The summed E-state index contributed by atoms with van der Waals surface area (Å²) in [6, 6.07) is 0. The smallest absolute Gasteiger partial charge is 0.0537 e. The van der Waals surface area contributed by atoms with Crippen molar-refractivity contribution < 1.29 is 0 Å². The lowest BCUT2D eigenvalue weighted by Gasteiger charge is -2.22. The molecule has 1 aromatic rings. The van der Waals surface area contributed by atoms with E-state index in [1.54, 1.807) is 0 Å². The summed E-state index contributed by atoms with van der Waals surface area (Å²) in [5.74, 6) is 0.704. The van der Waals surface area contributed by atoms with Crippen LogP contribution in [0.3, 0.4) is 0 Å². The first-order valence-electron chi connectivity index (χ1n) is 5.53. The summed E-state index contributed by atoms with van der Waals surface area (Å²) in [5.41, 5.74) is 8.33. The van der Waals surface area contributed by atoms with Crippen LogP contribution >= 0.6 is 0 Å². The fourth-order valence-corrected chi connectivity index (χ4v) is 2.55. The maximum atomic E-state index is 5.72. The molecule has 0 bridgehead atoms. The van der Waals surface area contributed by atoms with Crippen molar-refractivity contribution in [1.82, 2.24) is 9.78 Å². The number of nitrogens with zero attached hydrogens (tertiary/aromatic N) is 2. The van der Waals surface area contributed by atoms with Crippen molar-refractivity contribution in [2.24, 2.45) is 12.8 Å². The maximum Gasteiger partial charge on any atom is 0.0537 e. The lowest BCUT2D eigenvalue weighted by molar-refractivity contribution is 0.422. The van der Waals surface area contributed by atoms with E-state index in [0.29, 0.717) is 12.5 Å². The summed E-state index contributed by atoms with van der Waals surface area (Å²) < 4.78 is 2.01. The molecule has 0 saturated heterocycles. The first-order valence-corrected chi connectivity index (χ1v) is 5.53. The highest BCUT2D eigenvalue weighted by molar-refractivity contribution is 5.21. The van der Waals surface area contributed by atoms with Gasteiger partial charge in [-0.3, -0.25) is 4.68 Å². The van der Waals surface area contributed by atoms with Crippen LogP contribution in [0.4, 0.5) is 0 Å². The van der Waals surface area contributed by atoms with Crippen LogP contribution in [-0.2, 0) is 13.6 Å². The molecule has 3 nitrogen and oxygen atoms in total. The molecule has 14 heavy (non-hydrogen) atoms. The highest BCUT2D eigenvalue weighted by atomic mass is 15.3. The molecule has 2 N–H and O–H groups in total. The predicted molar refractivity (Wildman–Crippen MR) is 56.9 cm³/mol. The second-order valence-electron chi connectivity index (χ2n) is 4.22. The quantitative estimate of drug-likeness (QED) is 0.780. The van der Waals surface area contributed by atoms with Crippen molar-refractivity contribution in [3.8, 4) is 0 Å². The number of nitrogens with two attached hydrogens (primary N) is 1. The topological polar surface area (TPSA) is 43.8 Å². The fourth-order valence-electron chi connectivity index (χ4n) is 2.55. The second-order valence-corrected chi connectivity index (χ2v) is 4.22. The third-order valence-electron chi connectivity index (χ3n) is 3.28. The van der Waals surface area contributed by atoms with Crippen molar-refractivity contribution in [2.45, 2.75) is 44.6 Å². The molecule has 1 aromatic heterocycles. The third-order valence-corrected chi connectivity index (χ3v) is 3.28. The van der Waals surface area contributed by atoms with Gasteiger partial charge in [-0.05, 0) is 12.8 Å². The fraction of sp³-hybridized carbons (Fsp3) is 0.727. The van der Waals surface area contributed by atoms with Crippen LogP contribution in [0.15, 0.2) is 6.20 Å². The Morgan fingerprint density at radius 1 is 1.43 bits per heavy atom. The first-order chi connectivity index (χ1) is 6.83. The molecule has 0 unspecified atom stereocenters. The molecule has 1 fully saturated rings. The summed E-state index contributed by atoms with van der Waals surface area (Å²) in [6.45, 7) is 0.625. The van der Waals surface area contributed by atoms with E-state index in [0.717, 1.165) is 0 Å². The summed E-state index contributed by atoms with van der Waals surface area (Å²) >= 11 is 0. The van der Waals surface area contributed by atoms with E-state index in [-0.39, 0.29) is 0 Å². The summed E-state index contributed by atoms with van der Waals surface area (Å²) in [4.78, 5) is 0. The largest absolute Gasteiger partial charge is 0.326 e. The van der Waals surface area contributed by atoms with Crippen LogP contribution in [0.2, 0.25) is 0 Å². The zero-order valence-corrected chi connectivity index (χ0v) is 8.87. The minimum Gasteiger partial charge on any atom is -0.326 e. The highest BCUT2D eigenvalue weighted by Crippen LogP contribution is 2.33. The van der Waals surface area contributed by atoms with Crippen LogP contribution in [0.25, 0.3) is 0 Å². The van der Waals surface area contributed by atoms with E-state index >= 15 is 0 Å². The molecule has 1 aliphatic rings. The van der Waals surface area contributed by atoms with Crippen LogP contribution in [0.5, 0.6) is 0 Å². The van der Waals surface area contributed by atoms with Crippen molar-refractivity contribution in [1.29, 1.82) is 0 Å². The highest BCUT2D eigenvalue weighted by Gasteiger charge is 2.21. The molecule has 0 radical (unpaired) electrons. The van der Waals surface area contributed by atoms with Crippen LogP contribution in [0, 0.1) is 0 Å². The Morgan fingerprint density at radius 2 is 2.14 bits per heavy atom. The Labute approximate surface area is 85.3 Å². The molecule has 1 heterocycles. The number of aromatic nitrogens is 2. The second kappa shape index (κ2) is 4.13. The molecule has 0 aliphatic heterocycles. The number of aryl methyl sites for hydroxylation is 1. The Balaban J connectivity index is 2.23. The molecule has 1 aliphatic carbocycles. The maximum absolute atomic E-state index is 5.72. The van der Waals surface area contributed by atoms with Crippen molar-refractivity contribution in [3.63, 3.8) is 0 Å². The average Bonchev–Trinajstić information content (AvgIpc) is 2.61. The van der Waals surface area contributed by atoms with Crippen LogP contribution < -0.4 is 5.73 Å². The molecule has 2 rings (SSSR count). The number of rotatable bonds is 2. The standard InChI is InChI=1S/C11H19N3/c1-14-11(10(7-12)8-13-14)9-5-3-2-4-6-9/h8-9H,2-7,12H2,1H3. The van der Waals surface area contributed by atoms with E-state index < -0.39 is 0 Å². The SMILES string of the molecule is Cn1ncc(CN)c1C1CCCCC1. The Hall–Kier alpha value is -0.830. The van der Waals surface area contributed by atoms with Gasteiger partial charge in [0.15, 0.2) is 0 Å². The molecule has 3 heteroatoms. The Bertz CT molecular complexity index is 297. The zero-order chi connectivity index (χ0) is 9.97. The van der Waals surface area contributed by atoms with Gasteiger partial charge in [0.05, 0.1) is 6.20 Å². The third kappa shape index (κ3) is 1.69.